The van der Waals surface area contributed by atoms with E-state index in [0.29, 0.717) is 17.2 Å². The van der Waals surface area contributed by atoms with Crippen LogP contribution in [-0.2, 0) is 4.79 Å². The maximum Gasteiger partial charge on any atom is 0.261 e. The summed E-state index contributed by atoms with van der Waals surface area (Å²) in [4.78, 5) is 12.3. The summed E-state index contributed by atoms with van der Waals surface area (Å²) < 4.78 is 5.54. The molecule has 0 heterocycles. The Morgan fingerprint density at radius 1 is 1.55 bits per heavy atom. The minimum atomic E-state index is -0.651. The van der Waals surface area contributed by atoms with Crippen LogP contribution in [0.25, 0.3) is 0 Å². The average molecular weight is 315 g/mol. The molecule has 1 aromatic carbocycles. The van der Waals surface area contributed by atoms with Gasteiger partial charge in [0.05, 0.1) is 11.0 Å². The van der Waals surface area contributed by atoms with E-state index in [-0.39, 0.29) is 16.9 Å². The fraction of sp³-hybridized carbons (Fsp3) is 0.429. The van der Waals surface area contributed by atoms with E-state index in [2.05, 4.69) is 5.32 Å². The van der Waals surface area contributed by atoms with Gasteiger partial charge in [-0.25, -0.2) is 0 Å². The number of ether oxygens (including phenoxy) is 1. The molecule has 1 rings (SSSR count). The minimum Gasteiger partial charge on any atom is -0.481 e. The maximum absolute atomic E-state index is 12.0. The van der Waals surface area contributed by atoms with Crippen molar-refractivity contribution in [3.63, 3.8) is 0 Å². The zero-order chi connectivity index (χ0) is 15.1. The van der Waals surface area contributed by atoms with Crippen molar-refractivity contribution in [3.8, 4) is 5.75 Å². The Bertz CT molecular complexity index is 482. The minimum absolute atomic E-state index is 0.253. The molecule has 110 valence electrons. The molecule has 0 saturated carbocycles. The van der Waals surface area contributed by atoms with Crippen LogP contribution in [0.4, 0.5) is 0 Å². The van der Waals surface area contributed by atoms with E-state index < -0.39 is 6.10 Å². The standard InChI is InChI=1S/C14H19ClN2O2S/c1-3-5-12(13(16)20)17-14(18)9(2)19-11-7-4-6-10(15)8-11/h4,6-9,12H,3,5H2,1-2H3,(H2,16,20)(H,17,18). The number of thiocarbonyl (C=S) groups is 1. The van der Waals surface area contributed by atoms with Crippen LogP contribution in [0, 0.1) is 0 Å². The number of carbonyl (C=O) groups is 1. The second-order valence-corrected chi connectivity index (χ2v) is 5.38. The predicted molar refractivity (Wildman–Crippen MR) is 85.2 cm³/mol. The Morgan fingerprint density at radius 3 is 2.80 bits per heavy atom. The largest absolute Gasteiger partial charge is 0.481 e. The summed E-state index contributed by atoms with van der Waals surface area (Å²) in [6.45, 7) is 3.67. The summed E-state index contributed by atoms with van der Waals surface area (Å²) in [5.41, 5.74) is 5.60. The molecule has 1 amide bonds. The average Bonchev–Trinajstić information content (AvgIpc) is 2.37. The lowest BCUT2D eigenvalue weighted by Crippen LogP contribution is -2.47. The van der Waals surface area contributed by atoms with Crippen molar-refractivity contribution >= 4 is 34.7 Å². The first kappa shape index (κ1) is 16.7. The topological polar surface area (TPSA) is 64.3 Å². The van der Waals surface area contributed by atoms with Gasteiger partial charge in [-0.1, -0.05) is 43.2 Å². The Balaban J connectivity index is 2.60. The Hall–Kier alpha value is -1.33. The third kappa shape index (κ3) is 5.35. The van der Waals surface area contributed by atoms with Crippen molar-refractivity contribution in [2.24, 2.45) is 5.73 Å². The van der Waals surface area contributed by atoms with Crippen LogP contribution in [0.3, 0.4) is 0 Å². The molecule has 0 aliphatic rings. The zero-order valence-electron chi connectivity index (χ0n) is 11.6. The summed E-state index contributed by atoms with van der Waals surface area (Å²) in [6, 6.07) is 6.60. The lowest BCUT2D eigenvalue weighted by atomic mass is 10.1. The van der Waals surface area contributed by atoms with Gasteiger partial charge in [0.15, 0.2) is 6.10 Å². The molecule has 2 atom stereocenters. The van der Waals surface area contributed by atoms with Crippen LogP contribution in [-0.4, -0.2) is 23.0 Å². The molecule has 0 aliphatic heterocycles. The Morgan fingerprint density at radius 2 is 2.25 bits per heavy atom. The van der Waals surface area contributed by atoms with Gasteiger partial charge in [0, 0.05) is 5.02 Å². The molecular formula is C14H19ClN2O2S. The molecule has 6 heteroatoms. The number of amides is 1. The molecule has 0 fully saturated rings. The van der Waals surface area contributed by atoms with Crippen LogP contribution < -0.4 is 15.8 Å². The summed E-state index contributed by atoms with van der Waals surface area (Å²) in [7, 11) is 0. The molecule has 20 heavy (non-hydrogen) atoms. The van der Waals surface area contributed by atoms with Crippen molar-refractivity contribution < 1.29 is 9.53 Å². The van der Waals surface area contributed by atoms with E-state index in [0.717, 1.165) is 6.42 Å². The summed E-state index contributed by atoms with van der Waals surface area (Å²) in [5.74, 6) is 0.291. The highest BCUT2D eigenvalue weighted by Crippen LogP contribution is 2.18. The number of hydrogen-bond acceptors (Lipinski definition) is 3. The van der Waals surface area contributed by atoms with Crippen molar-refractivity contribution in [1.82, 2.24) is 5.32 Å². The van der Waals surface area contributed by atoms with Crippen LogP contribution in [0.1, 0.15) is 26.7 Å². The quantitative estimate of drug-likeness (QED) is 0.760. The normalized spacial score (nSPS) is 13.3. The SMILES string of the molecule is CCCC(NC(=O)C(C)Oc1cccc(Cl)c1)C(N)=S. The zero-order valence-corrected chi connectivity index (χ0v) is 13.1. The molecule has 1 aromatic rings. The first-order chi connectivity index (χ1) is 9.43. The first-order valence-electron chi connectivity index (χ1n) is 6.46. The van der Waals surface area contributed by atoms with Gasteiger partial charge < -0.3 is 15.8 Å². The van der Waals surface area contributed by atoms with Gasteiger partial charge in [-0.05, 0) is 31.5 Å². The summed E-state index contributed by atoms with van der Waals surface area (Å²) in [6.07, 6.45) is 0.943. The highest BCUT2D eigenvalue weighted by Gasteiger charge is 2.20. The second kappa shape index (κ2) is 8.07. The fourth-order valence-corrected chi connectivity index (χ4v) is 2.02. The van der Waals surface area contributed by atoms with Crippen molar-refractivity contribution in [3.05, 3.63) is 29.3 Å². The molecule has 4 nitrogen and oxygen atoms in total. The third-order valence-corrected chi connectivity index (χ3v) is 3.24. The molecular weight excluding hydrogens is 296 g/mol. The van der Waals surface area contributed by atoms with Crippen molar-refractivity contribution in [2.75, 3.05) is 0 Å². The van der Waals surface area contributed by atoms with Gasteiger partial charge in [-0.3, -0.25) is 4.79 Å². The van der Waals surface area contributed by atoms with E-state index in [1.165, 1.54) is 0 Å². The number of nitrogens with two attached hydrogens (primary N) is 1. The smallest absolute Gasteiger partial charge is 0.261 e. The van der Waals surface area contributed by atoms with Gasteiger partial charge in [0.25, 0.3) is 5.91 Å². The van der Waals surface area contributed by atoms with E-state index >= 15 is 0 Å². The Kier molecular flexibility index (Phi) is 6.75. The number of carbonyl (C=O) groups excluding carboxylic acids is 1. The maximum atomic E-state index is 12.0. The second-order valence-electron chi connectivity index (χ2n) is 4.47. The highest BCUT2D eigenvalue weighted by molar-refractivity contribution is 7.80. The number of rotatable bonds is 7. The predicted octanol–water partition coefficient (Wildman–Crippen LogP) is 2.68. The van der Waals surface area contributed by atoms with Gasteiger partial charge in [0.2, 0.25) is 0 Å². The summed E-state index contributed by atoms with van der Waals surface area (Å²) >= 11 is 10.8. The van der Waals surface area contributed by atoms with Crippen LogP contribution in [0.15, 0.2) is 24.3 Å². The van der Waals surface area contributed by atoms with Gasteiger partial charge >= 0.3 is 0 Å². The number of halogens is 1. The van der Waals surface area contributed by atoms with Crippen molar-refractivity contribution in [2.45, 2.75) is 38.8 Å². The molecule has 2 unspecified atom stereocenters. The van der Waals surface area contributed by atoms with E-state index in [1.807, 2.05) is 6.92 Å². The lowest BCUT2D eigenvalue weighted by molar-refractivity contribution is -0.127. The van der Waals surface area contributed by atoms with Crippen LogP contribution in [0.5, 0.6) is 5.75 Å². The van der Waals surface area contributed by atoms with Gasteiger partial charge in [0.1, 0.15) is 5.75 Å². The molecule has 0 radical (unpaired) electrons. The molecule has 0 bridgehead atoms. The van der Waals surface area contributed by atoms with Gasteiger partial charge in [-0.2, -0.15) is 0 Å². The monoisotopic (exact) mass is 314 g/mol. The Labute approximate surface area is 129 Å². The fourth-order valence-electron chi connectivity index (χ4n) is 1.66. The first-order valence-corrected chi connectivity index (χ1v) is 7.24. The summed E-state index contributed by atoms with van der Waals surface area (Å²) in [5, 5.41) is 3.35. The number of nitrogens with one attached hydrogen (secondary N) is 1. The number of benzene rings is 1. The van der Waals surface area contributed by atoms with Crippen LogP contribution in [0.2, 0.25) is 5.02 Å². The van der Waals surface area contributed by atoms with E-state index in [1.54, 1.807) is 31.2 Å². The molecule has 0 aromatic heterocycles. The molecule has 3 N–H and O–H groups in total. The van der Waals surface area contributed by atoms with Gasteiger partial charge in [-0.15, -0.1) is 0 Å². The molecule has 0 spiro atoms. The lowest BCUT2D eigenvalue weighted by Gasteiger charge is -2.20. The number of hydrogen-bond donors (Lipinski definition) is 2. The molecule has 0 aliphatic carbocycles. The third-order valence-electron chi connectivity index (χ3n) is 2.72. The van der Waals surface area contributed by atoms with E-state index in [4.69, 9.17) is 34.3 Å². The highest BCUT2D eigenvalue weighted by atomic mass is 35.5. The van der Waals surface area contributed by atoms with E-state index in [9.17, 15) is 4.79 Å². The molecule has 0 saturated heterocycles. The van der Waals surface area contributed by atoms with Crippen molar-refractivity contribution in [1.29, 1.82) is 0 Å². The van der Waals surface area contributed by atoms with Crippen LogP contribution >= 0.6 is 23.8 Å².